The molecule has 1 amide bonds. The van der Waals surface area contributed by atoms with E-state index >= 15 is 0 Å². The maximum Gasteiger partial charge on any atom is 0.219 e. The molecule has 0 aromatic rings. The lowest BCUT2D eigenvalue weighted by Crippen LogP contribution is -2.51. The molecule has 0 aliphatic heterocycles. The predicted molar refractivity (Wildman–Crippen MR) is 146 cm³/mol. The quantitative estimate of drug-likeness (QED) is 0.252. The Kier molecular flexibility index (Phi) is 8.77. The normalized spacial score (nSPS) is 39.4. The average molecular weight is 486 g/mol. The van der Waals surface area contributed by atoms with E-state index in [1.54, 1.807) is 5.57 Å². The van der Waals surface area contributed by atoms with Crippen LogP contribution >= 0.6 is 0 Å². The van der Waals surface area contributed by atoms with Crippen molar-refractivity contribution in [2.24, 2.45) is 46.3 Å². The lowest BCUT2D eigenvalue weighted by molar-refractivity contribution is -0.121. The molecule has 200 valence electrons. The minimum Gasteiger partial charge on any atom is -0.376 e. The van der Waals surface area contributed by atoms with Gasteiger partial charge < -0.3 is 10.1 Å². The van der Waals surface area contributed by atoms with Crippen molar-refractivity contribution in [1.29, 1.82) is 0 Å². The van der Waals surface area contributed by atoms with Crippen LogP contribution < -0.4 is 5.32 Å². The standard InChI is InChI=1S/C32H55NO2/c1-7-30(34)33-19-20-35-25-15-17-31(5)24(21-25)11-12-26-28-14-13-27(23(4)10-8-9-22(2)3)32(28,6)18-16-29(26)31/h11,22-23,25-29H,7-10,12-21H2,1-6H3,(H,33,34). The lowest BCUT2D eigenvalue weighted by atomic mass is 9.47. The van der Waals surface area contributed by atoms with Crippen molar-refractivity contribution in [1.82, 2.24) is 5.32 Å². The van der Waals surface area contributed by atoms with Crippen molar-refractivity contribution < 1.29 is 9.53 Å². The van der Waals surface area contributed by atoms with E-state index in [0.29, 0.717) is 36.5 Å². The molecule has 0 spiro atoms. The summed E-state index contributed by atoms with van der Waals surface area (Å²) in [5, 5.41) is 2.95. The summed E-state index contributed by atoms with van der Waals surface area (Å²) < 4.78 is 6.22. The maximum atomic E-state index is 11.5. The number of allylic oxidation sites excluding steroid dienone is 1. The molecule has 4 aliphatic rings. The fourth-order valence-corrected chi connectivity index (χ4v) is 9.34. The van der Waals surface area contributed by atoms with E-state index in [0.717, 1.165) is 41.9 Å². The summed E-state index contributed by atoms with van der Waals surface area (Å²) in [4.78, 5) is 11.5. The highest BCUT2D eigenvalue weighted by Gasteiger charge is 2.59. The van der Waals surface area contributed by atoms with Gasteiger partial charge in [0.15, 0.2) is 0 Å². The molecule has 0 radical (unpaired) electrons. The zero-order valence-corrected chi connectivity index (χ0v) is 23.8. The van der Waals surface area contributed by atoms with Crippen LogP contribution in [0.1, 0.15) is 119 Å². The molecule has 0 heterocycles. The Hall–Kier alpha value is -0.830. The predicted octanol–water partition coefficient (Wildman–Crippen LogP) is 7.94. The van der Waals surface area contributed by atoms with Gasteiger partial charge in [0.2, 0.25) is 5.91 Å². The molecule has 0 aromatic heterocycles. The molecule has 4 rings (SSSR count). The van der Waals surface area contributed by atoms with Crippen LogP contribution in [0.3, 0.4) is 0 Å². The molecule has 8 atom stereocenters. The molecule has 35 heavy (non-hydrogen) atoms. The Morgan fingerprint density at radius 1 is 1.09 bits per heavy atom. The van der Waals surface area contributed by atoms with Gasteiger partial charge in [-0.1, -0.05) is 72.5 Å². The number of carbonyl (C=O) groups is 1. The van der Waals surface area contributed by atoms with Crippen molar-refractivity contribution in [3.05, 3.63) is 11.6 Å². The van der Waals surface area contributed by atoms with Crippen LogP contribution in [0.25, 0.3) is 0 Å². The number of nitrogens with one attached hydrogen (secondary N) is 1. The van der Waals surface area contributed by atoms with Gasteiger partial charge in [-0.3, -0.25) is 4.79 Å². The molecular formula is C32H55NO2. The molecular weight excluding hydrogens is 430 g/mol. The van der Waals surface area contributed by atoms with E-state index in [2.05, 4.69) is 46.0 Å². The summed E-state index contributed by atoms with van der Waals surface area (Å²) in [5.74, 6) is 5.50. The molecule has 4 aliphatic carbocycles. The fourth-order valence-electron chi connectivity index (χ4n) is 9.34. The lowest BCUT2D eigenvalue weighted by Gasteiger charge is -2.58. The first-order chi connectivity index (χ1) is 16.7. The number of amides is 1. The van der Waals surface area contributed by atoms with Gasteiger partial charge in [-0.25, -0.2) is 0 Å². The number of hydrogen-bond acceptors (Lipinski definition) is 2. The third-order valence-electron chi connectivity index (χ3n) is 11.4. The molecule has 0 aromatic carbocycles. The van der Waals surface area contributed by atoms with Gasteiger partial charge in [0, 0.05) is 13.0 Å². The number of rotatable bonds is 10. The molecule has 3 saturated carbocycles. The van der Waals surface area contributed by atoms with Crippen LogP contribution in [-0.4, -0.2) is 25.2 Å². The second-order valence-electron chi connectivity index (χ2n) is 13.7. The van der Waals surface area contributed by atoms with E-state index in [-0.39, 0.29) is 5.91 Å². The summed E-state index contributed by atoms with van der Waals surface area (Å²) >= 11 is 0. The minimum absolute atomic E-state index is 0.120. The van der Waals surface area contributed by atoms with Crippen LogP contribution in [0.15, 0.2) is 11.6 Å². The monoisotopic (exact) mass is 485 g/mol. The van der Waals surface area contributed by atoms with Gasteiger partial charge in [0.05, 0.1) is 12.7 Å². The Morgan fingerprint density at radius 2 is 1.89 bits per heavy atom. The number of hydrogen-bond donors (Lipinski definition) is 1. The summed E-state index contributed by atoms with van der Waals surface area (Å²) in [6.07, 6.45) is 18.5. The van der Waals surface area contributed by atoms with E-state index in [4.69, 9.17) is 4.74 Å². The third-order valence-corrected chi connectivity index (χ3v) is 11.4. The molecule has 0 bridgehead atoms. The van der Waals surface area contributed by atoms with Gasteiger partial charge in [-0.15, -0.1) is 0 Å². The maximum absolute atomic E-state index is 11.5. The second kappa shape index (κ2) is 11.3. The highest BCUT2D eigenvalue weighted by Crippen LogP contribution is 2.67. The first-order valence-electron chi connectivity index (χ1n) is 15.3. The summed E-state index contributed by atoms with van der Waals surface area (Å²) in [6, 6.07) is 0. The topological polar surface area (TPSA) is 38.3 Å². The van der Waals surface area contributed by atoms with Crippen LogP contribution in [-0.2, 0) is 9.53 Å². The Bertz CT molecular complexity index is 759. The molecule has 3 nitrogen and oxygen atoms in total. The van der Waals surface area contributed by atoms with E-state index < -0.39 is 0 Å². The van der Waals surface area contributed by atoms with Crippen LogP contribution in [0.5, 0.6) is 0 Å². The molecule has 0 saturated heterocycles. The highest BCUT2D eigenvalue weighted by atomic mass is 16.5. The van der Waals surface area contributed by atoms with Crippen molar-refractivity contribution >= 4 is 5.91 Å². The van der Waals surface area contributed by atoms with Gasteiger partial charge in [0.25, 0.3) is 0 Å². The smallest absolute Gasteiger partial charge is 0.219 e. The van der Waals surface area contributed by atoms with E-state index in [1.165, 1.54) is 64.2 Å². The van der Waals surface area contributed by atoms with E-state index in [1.807, 2.05) is 6.92 Å². The first kappa shape index (κ1) is 27.2. The number of carbonyl (C=O) groups excluding carboxylic acids is 1. The number of fused-ring (bicyclic) bond motifs is 5. The highest BCUT2D eigenvalue weighted by molar-refractivity contribution is 5.75. The molecule has 3 fully saturated rings. The number of ether oxygens (including phenoxy) is 1. The molecule has 1 N–H and O–H groups in total. The summed E-state index contributed by atoms with van der Waals surface area (Å²) in [6.45, 7) is 15.8. The van der Waals surface area contributed by atoms with Crippen LogP contribution in [0.2, 0.25) is 0 Å². The van der Waals surface area contributed by atoms with Crippen LogP contribution in [0.4, 0.5) is 0 Å². The van der Waals surface area contributed by atoms with Gasteiger partial charge >= 0.3 is 0 Å². The summed E-state index contributed by atoms with van der Waals surface area (Å²) in [5.41, 5.74) is 2.66. The zero-order chi connectivity index (χ0) is 25.2. The van der Waals surface area contributed by atoms with Crippen LogP contribution in [0, 0.1) is 46.3 Å². The minimum atomic E-state index is 0.120. The fraction of sp³-hybridized carbons (Fsp3) is 0.906. The third kappa shape index (κ3) is 5.55. The average Bonchev–Trinajstić information content (AvgIpc) is 3.18. The first-order valence-corrected chi connectivity index (χ1v) is 15.3. The summed E-state index contributed by atoms with van der Waals surface area (Å²) in [7, 11) is 0. The SMILES string of the molecule is CCC(=O)NCCOC1CCC2(C)C(=CCC3C2CCC2(C)C(C(C)CCCC(C)C)CCC32)C1. The van der Waals surface area contributed by atoms with Gasteiger partial charge in [-0.05, 0) is 97.7 Å². The Balaban J connectivity index is 1.36. The van der Waals surface area contributed by atoms with Crippen molar-refractivity contribution in [2.45, 2.75) is 125 Å². The second-order valence-corrected chi connectivity index (χ2v) is 13.7. The van der Waals surface area contributed by atoms with Crippen molar-refractivity contribution in [3.8, 4) is 0 Å². The molecule has 8 unspecified atom stereocenters. The molecule has 3 heteroatoms. The van der Waals surface area contributed by atoms with Crippen molar-refractivity contribution in [2.75, 3.05) is 13.2 Å². The zero-order valence-electron chi connectivity index (χ0n) is 23.8. The van der Waals surface area contributed by atoms with E-state index in [9.17, 15) is 4.79 Å². The largest absolute Gasteiger partial charge is 0.376 e. The van der Waals surface area contributed by atoms with Crippen molar-refractivity contribution in [3.63, 3.8) is 0 Å². The van der Waals surface area contributed by atoms with Gasteiger partial charge in [0.1, 0.15) is 0 Å². The Morgan fingerprint density at radius 3 is 2.63 bits per heavy atom. The van der Waals surface area contributed by atoms with Gasteiger partial charge in [-0.2, -0.15) is 0 Å². The Labute approximate surface area is 216 Å².